The van der Waals surface area contributed by atoms with Crippen molar-refractivity contribution in [3.63, 3.8) is 0 Å². The van der Waals surface area contributed by atoms with Crippen LogP contribution in [-0.2, 0) is 11.3 Å². The first-order valence-corrected chi connectivity index (χ1v) is 8.87. The van der Waals surface area contributed by atoms with E-state index in [1.54, 1.807) is 0 Å². The zero-order valence-electron chi connectivity index (χ0n) is 14.9. The highest BCUT2D eigenvalue weighted by Gasteiger charge is 2.16. The largest absolute Gasteiger partial charge is 0.381 e. The summed E-state index contributed by atoms with van der Waals surface area (Å²) in [6, 6.07) is 8.17. The second kappa shape index (κ2) is 8.16. The molecule has 2 heterocycles. The minimum Gasteiger partial charge on any atom is -0.381 e. The predicted octanol–water partition coefficient (Wildman–Crippen LogP) is 2.98. The number of hydrogen-bond acceptors (Lipinski definition) is 4. The Hall–Kier alpha value is -2.34. The van der Waals surface area contributed by atoms with E-state index in [1.165, 1.54) is 0 Å². The van der Waals surface area contributed by atoms with Gasteiger partial charge in [-0.3, -0.25) is 4.79 Å². The maximum Gasteiger partial charge on any atom is 0.251 e. The van der Waals surface area contributed by atoms with Crippen molar-refractivity contribution in [1.82, 2.24) is 14.9 Å². The molecular weight excluding hydrogens is 316 g/mol. The molecule has 0 bridgehead atoms. The highest BCUT2D eigenvalue weighted by Crippen LogP contribution is 2.14. The average molecular weight is 342 g/mol. The molecule has 6 nitrogen and oxygen atoms in total. The third-order valence-electron chi connectivity index (χ3n) is 4.46. The van der Waals surface area contributed by atoms with Crippen LogP contribution >= 0.6 is 0 Å². The van der Waals surface area contributed by atoms with Crippen molar-refractivity contribution in [2.75, 3.05) is 18.5 Å². The summed E-state index contributed by atoms with van der Waals surface area (Å²) in [4.78, 5) is 16.7. The van der Waals surface area contributed by atoms with Gasteiger partial charge in [0, 0.05) is 48.9 Å². The Bertz CT molecular complexity index is 688. The Kier molecular flexibility index (Phi) is 5.71. The van der Waals surface area contributed by atoms with Crippen LogP contribution in [0.3, 0.4) is 0 Å². The fourth-order valence-electron chi connectivity index (χ4n) is 2.98. The van der Waals surface area contributed by atoms with E-state index in [0.29, 0.717) is 18.2 Å². The number of imidazole rings is 1. The number of ether oxygens (including phenoxy) is 1. The van der Waals surface area contributed by atoms with Crippen LogP contribution in [0.5, 0.6) is 0 Å². The van der Waals surface area contributed by atoms with Crippen molar-refractivity contribution in [3.05, 3.63) is 48.0 Å². The molecule has 2 aromatic rings. The van der Waals surface area contributed by atoms with Gasteiger partial charge in [-0.2, -0.15) is 0 Å². The van der Waals surface area contributed by atoms with Crippen LogP contribution in [-0.4, -0.2) is 34.7 Å². The van der Waals surface area contributed by atoms with Crippen molar-refractivity contribution >= 4 is 11.6 Å². The SMILES string of the molecule is CC(C)n1ccnc1CNc1ccc(C(=O)NC2CCOCC2)cc1. The fourth-order valence-corrected chi connectivity index (χ4v) is 2.98. The van der Waals surface area contributed by atoms with E-state index >= 15 is 0 Å². The molecule has 1 aromatic heterocycles. The third-order valence-corrected chi connectivity index (χ3v) is 4.46. The smallest absolute Gasteiger partial charge is 0.251 e. The summed E-state index contributed by atoms with van der Waals surface area (Å²) < 4.78 is 7.46. The zero-order valence-corrected chi connectivity index (χ0v) is 14.9. The maximum absolute atomic E-state index is 12.3. The minimum atomic E-state index is -0.0196. The minimum absolute atomic E-state index is 0.0196. The topological polar surface area (TPSA) is 68.2 Å². The molecule has 6 heteroatoms. The van der Waals surface area contributed by atoms with Gasteiger partial charge in [0.05, 0.1) is 6.54 Å². The standard InChI is InChI=1S/C19H26N4O2/c1-14(2)23-10-9-20-18(23)13-21-16-5-3-15(4-6-16)19(24)22-17-7-11-25-12-8-17/h3-6,9-10,14,17,21H,7-8,11-13H2,1-2H3,(H,22,24). The molecule has 0 aliphatic carbocycles. The van der Waals surface area contributed by atoms with E-state index in [-0.39, 0.29) is 11.9 Å². The lowest BCUT2D eigenvalue weighted by Gasteiger charge is -2.23. The number of anilines is 1. The molecule has 1 saturated heterocycles. The number of rotatable bonds is 6. The number of amides is 1. The lowest BCUT2D eigenvalue weighted by molar-refractivity contribution is 0.0696. The number of nitrogens with one attached hydrogen (secondary N) is 2. The normalized spacial score (nSPS) is 15.3. The van der Waals surface area contributed by atoms with Gasteiger partial charge in [-0.15, -0.1) is 0 Å². The Morgan fingerprint density at radius 2 is 2.00 bits per heavy atom. The lowest BCUT2D eigenvalue weighted by atomic mass is 10.1. The van der Waals surface area contributed by atoms with Crippen LogP contribution in [0.4, 0.5) is 5.69 Å². The summed E-state index contributed by atoms with van der Waals surface area (Å²) in [5.41, 5.74) is 1.65. The molecule has 3 rings (SSSR count). The molecule has 1 amide bonds. The van der Waals surface area contributed by atoms with Gasteiger partial charge in [0.2, 0.25) is 0 Å². The van der Waals surface area contributed by atoms with Crippen LogP contribution < -0.4 is 10.6 Å². The first-order valence-electron chi connectivity index (χ1n) is 8.87. The van der Waals surface area contributed by atoms with Crippen LogP contribution in [0, 0.1) is 0 Å². The lowest BCUT2D eigenvalue weighted by Crippen LogP contribution is -2.38. The van der Waals surface area contributed by atoms with Gasteiger partial charge in [0.25, 0.3) is 5.91 Å². The molecular formula is C19H26N4O2. The summed E-state index contributed by atoms with van der Waals surface area (Å²) in [5, 5.41) is 6.43. The summed E-state index contributed by atoms with van der Waals surface area (Å²) in [5.74, 6) is 0.977. The van der Waals surface area contributed by atoms with Crippen molar-refractivity contribution in [2.24, 2.45) is 0 Å². The maximum atomic E-state index is 12.3. The van der Waals surface area contributed by atoms with Crippen molar-refractivity contribution < 1.29 is 9.53 Å². The third kappa shape index (κ3) is 4.60. The number of carbonyl (C=O) groups is 1. The van der Waals surface area contributed by atoms with Gasteiger partial charge in [-0.25, -0.2) is 4.98 Å². The fraction of sp³-hybridized carbons (Fsp3) is 0.474. The molecule has 0 saturated carbocycles. The molecule has 0 spiro atoms. The second-order valence-electron chi connectivity index (χ2n) is 6.64. The molecule has 1 aliphatic heterocycles. The molecule has 25 heavy (non-hydrogen) atoms. The molecule has 134 valence electrons. The highest BCUT2D eigenvalue weighted by atomic mass is 16.5. The van der Waals surface area contributed by atoms with Gasteiger partial charge >= 0.3 is 0 Å². The number of hydrogen-bond donors (Lipinski definition) is 2. The molecule has 0 atom stereocenters. The monoisotopic (exact) mass is 342 g/mol. The number of carbonyl (C=O) groups excluding carboxylic acids is 1. The Morgan fingerprint density at radius 3 is 2.68 bits per heavy atom. The van der Waals surface area contributed by atoms with Gasteiger partial charge in [0.15, 0.2) is 0 Å². The molecule has 1 aromatic carbocycles. The zero-order chi connectivity index (χ0) is 17.6. The van der Waals surface area contributed by atoms with Gasteiger partial charge in [0.1, 0.15) is 5.82 Å². The Labute approximate surface area is 148 Å². The Balaban J connectivity index is 1.54. The molecule has 0 unspecified atom stereocenters. The van der Waals surface area contributed by atoms with Gasteiger partial charge in [-0.1, -0.05) is 0 Å². The molecule has 1 aliphatic rings. The highest BCUT2D eigenvalue weighted by molar-refractivity contribution is 5.94. The molecule has 0 radical (unpaired) electrons. The average Bonchev–Trinajstić information content (AvgIpc) is 3.10. The summed E-state index contributed by atoms with van der Waals surface area (Å²) in [6.45, 7) is 6.37. The van der Waals surface area contributed by atoms with Crippen molar-refractivity contribution in [1.29, 1.82) is 0 Å². The van der Waals surface area contributed by atoms with Crippen LogP contribution in [0.2, 0.25) is 0 Å². The van der Waals surface area contributed by atoms with Crippen LogP contribution in [0.25, 0.3) is 0 Å². The number of aromatic nitrogens is 2. The van der Waals surface area contributed by atoms with Gasteiger partial charge < -0.3 is 19.9 Å². The van der Waals surface area contributed by atoms with Gasteiger partial charge in [-0.05, 0) is 51.0 Å². The van der Waals surface area contributed by atoms with Crippen molar-refractivity contribution in [2.45, 2.75) is 45.3 Å². The number of nitrogens with zero attached hydrogens (tertiary/aromatic N) is 2. The summed E-state index contributed by atoms with van der Waals surface area (Å²) in [6.07, 6.45) is 5.58. The quantitative estimate of drug-likeness (QED) is 0.847. The first-order chi connectivity index (χ1) is 12.1. The second-order valence-corrected chi connectivity index (χ2v) is 6.64. The number of benzene rings is 1. The van der Waals surface area contributed by atoms with E-state index in [1.807, 2.05) is 36.7 Å². The molecule has 2 N–H and O–H groups in total. The van der Waals surface area contributed by atoms with E-state index in [9.17, 15) is 4.79 Å². The molecule has 1 fully saturated rings. The van der Waals surface area contributed by atoms with Crippen molar-refractivity contribution in [3.8, 4) is 0 Å². The first kappa shape index (κ1) is 17.5. The Morgan fingerprint density at radius 1 is 1.28 bits per heavy atom. The van der Waals surface area contributed by atoms with Crippen LogP contribution in [0.15, 0.2) is 36.7 Å². The van der Waals surface area contributed by atoms with Crippen LogP contribution in [0.1, 0.15) is 48.9 Å². The predicted molar refractivity (Wildman–Crippen MR) is 97.7 cm³/mol. The van der Waals surface area contributed by atoms with E-state index in [2.05, 4.69) is 34.0 Å². The van der Waals surface area contributed by atoms with E-state index in [4.69, 9.17) is 4.74 Å². The van der Waals surface area contributed by atoms with E-state index in [0.717, 1.165) is 37.6 Å². The summed E-state index contributed by atoms with van der Waals surface area (Å²) in [7, 11) is 0. The summed E-state index contributed by atoms with van der Waals surface area (Å²) >= 11 is 0. The van der Waals surface area contributed by atoms with E-state index < -0.39 is 0 Å².